The lowest BCUT2D eigenvalue weighted by Gasteiger charge is -2.22. The molecule has 1 heterocycles. The van der Waals surface area contributed by atoms with Gasteiger partial charge in [-0.05, 0) is 49.6 Å². The Kier molecular flexibility index (Phi) is 6.42. The molecule has 2 amide bonds. The summed E-state index contributed by atoms with van der Waals surface area (Å²) in [5.74, 6) is 0.771. The summed E-state index contributed by atoms with van der Waals surface area (Å²) in [6.45, 7) is 2.41. The molecule has 2 rings (SSSR count). The van der Waals surface area contributed by atoms with Crippen molar-refractivity contribution in [2.75, 3.05) is 11.4 Å². The first-order valence-corrected chi connectivity index (χ1v) is 8.08. The van der Waals surface area contributed by atoms with Gasteiger partial charge < -0.3 is 15.4 Å². The van der Waals surface area contributed by atoms with Gasteiger partial charge in [0, 0.05) is 19.2 Å². The minimum absolute atomic E-state index is 0.0224. The highest BCUT2D eigenvalue weighted by atomic mass is 16.4. The molecular weight excluding hydrogens is 306 g/mol. The Morgan fingerprint density at radius 1 is 1.17 bits per heavy atom. The maximum absolute atomic E-state index is 12.7. The first kappa shape index (κ1) is 17.6. The zero-order valence-corrected chi connectivity index (χ0v) is 13.8. The Bertz CT molecular complexity index is 668. The molecule has 1 aromatic carbocycles. The summed E-state index contributed by atoms with van der Waals surface area (Å²) in [7, 11) is 0. The fourth-order valence-electron chi connectivity index (χ4n) is 2.53. The smallest absolute Gasteiger partial charge is 0.404 e. The summed E-state index contributed by atoms with van der Waals surface area (Å²) in [6.07, 6.45) is 3.46. The number of hydrogen-bond donors (Lipinski definition) is 3. The third kappa shape index (κ3) is 5.15. The highest BCUT2D eigenvalue weighted by Gasteiger charge is 2.18. The van der Waals surface area contributed by atoms with Crippen LogP contribution in [0.1, 0.15) is 31.2 Å². The van der Waals surface area contributed by atoms with E-state index in [1.54, 1.807) is 11.1 Å². The molecule has 0 bridgehead atoms. The van der Waals surface area contributed by atoms with Crippen molar-refractivity contribution >= 4 is 23.5 Å². The summed E-state index contributed by atoms with van der Waals surface area (Å²) in [5.41, 5.74) is 1.94. The van der Waals surface area contributed by atoms with Gasteiger partial charge in [0.2, 0.25) is 5.91 Å². The summed E-state index contributed by atoms with van der Waals surface area (Å²) in [6, 6.07) is 11.6. The molecule has 1 aromatic heterocycles. The number of unbranched alkanes of at least 4 members (excludes halogenated alkanes) is 2. The normalized spacial score (nSPS) is 10.4. The van der Waals surface area contributed by atoms with Gasteiger partial charge in [-0.25, -0.2) is 4.79 Å². The molecule has 0 fully saturated rings. The van der Waals surface area contributed by atoms with Crippen molar-refractivity contribution < 1.29 is 14.7 Å². The minimum Gasteiger partial charge on any atom is -0.465 e. The van der Waals surface area contributed by atoms with Gasteiger partial charge in [0.25, 0.3) is 0 Å². The first-order valence-electron chi connectivity index (χ1n) is 8.08. The zero-order chi connectivity index (χ0) is 17.4. The lowest BCUT2D eigenvalue weighted by atomic mass is 10.1. The molecular formula is C18H23N3O3. The standard InChI is InChI=1S/C18H23N3O3/c1-14-7-5-8-15(13-14)21(16-9-6-12-19-16)17(22)10-3-2-4-11-20-18(23)24/h5-9,12-13,19-20H,2-4,10-11H2,1H3,(H,23,24). The molecule has 0 radical (unpaired) electrons. The Morgan fingerprint density at radius 3 is 2.67 bits per heavy atom. The van der Waals surface area contributed by atoms with Gasteiger partial charge in [-0.2, -0.15) is 0 Å². The monoisotopic (exact) mass is 329 g/mol. The lowest BCUT2D eigenvalue weighted by molar-refractivity contribution is -0.118. The van der Waals surface area contributed by atoms with E-state index in [0.29, 0.717) is 13.0 Å². The molecule has 0 saturated carbocycles. The van der Waals surface area contributed by atoms with E-state index in [0.717, 1.165) is 36.3 Å². The number of H-pyrrole nitrogens is 1. The van der Waals surface area contributed by atoms with Crippen LogP contribution in [0.25, 0.3) is 0 Å². The van der Waals surface area contributed by atoms with Crippen LogP contribution in [0.3, 0.4) is 0 Å². The van der Waals surface area contributed by atoms with Crippen LogP contribution in [0.4, 0.5) is 16.3 Å². The lowest BCUT2D eigenvalue weighted by Crippen LogP contribution is -2.26. The van der Waals surface area contributed by atoms with E-state index in [4.69, 9.17) is 5.11 Å². The molecule has 24 heavy (non-hydrogen) atoms. The van der Waals surface area contributed by atoms with Gasteiger partial charge in [0.15, 0.2) is 0 Å². The Morgan fingerprint density at radius 2 is 2.00 bits per heavy atom. The second-order valence-electron chi connectivity index (χ2n) is 5.67. The van der Waals surface area contributed by atoms with E-state index in [9.17, 15) is 9.59 Å². The predicted molar refractivity (Wildman–Crippen MR) is 93.6 cm³/mol. The highest BCUT2D eigenvalue weighted by molar-refractivity contribution is 5.99. The van der Waals surface area contributed by atoms with Crippen LogP contribution < -0.4 is 10.2 Å². The number of aromatic nitrogens is 1. The number of carbonyl (C=O) groups excluding carboxylic acids is 1. The number of carbonyl (C=O) groups is 2. The number of benzene rings is 1. The predicted octanol–water partition coefficient (Wildman–Crippen LogP) is 3.82. The van der Waals surface area contributed by atoms with E-state index in [2.05, 4.69) is 10.3 Å². The Balaban J connectivity index is 1.95. The van der Waals surface area contributed by atoms with Crippen molar-refractivity contribution in [1.82, 2.24) is 10.3 Å². The highest BCUT2D eigenvalue weighted by Crippen LogP contribution is 2.26. The van der Waals surface area contributed by atoms with Crippen LogP contribution in [0.5, 0.6) is 0 Å². The van der Waals surface area contributed by atoms with Gasteiger partial charge in [0.1, 0.15) is 5.82 Å². The molecule has 3 N–H and O–H groups in total. The summed E-state index contributed by atoms with van der Waals surface area (Å²) in [4.78, 5) is 27.8. The zero-order valence-electron chi connectivity index (χ0n) is 13.8. The van der Waals surface area contributed by atoms with E-state index in [1.807, 2.05) is 43.3 Å². The maximum Gasteiger partial charge on any atom is 0.404 e. The number of aryl methyl sites for hydroxylation is 1. The fraction of sp³-hybridized carbons (Fsp3) is 0.333. The van der Waals surface area contributed by atoms with E-state index in [-0.39, 0.29) is 5.91 Å². The largest absolute Gasteiger partial charge is 0.465 e. The molecule has 0 aliphatic heterocycles. The topological polar surface area (TPSA) is 85.4 Å². The molecule has 0 atom stereocenters. The Labute approximate surface area is 141 Å². The number of anilines is 2. The number of carboxylic acid groups (broad SMARTS) is 1. The molecule has 0 spiro atoms. The van der Waals surface area contributed by atoms with E-state index < -0.39 is 6.09 Å². The molecule has 0 saturated heterocycles. The number of amides is 2. The van der Waals surface area contributed by atoms with Crippen LogP contribution in [-0.2, 0) is 4.79 Å². The second kappa shape index (κ2) is 8.76. The fourth-order valence-corrected chi connectivity index (χ4v) is 2.53. The van der Waals surface area contributed by atoms with Crippen LogP contribution in [0, 0.1) is 6.92 Å². The van der Waals surface area contributed by atoms with Crippen LogP contribution >= 0.6 is 0 Å². The maximum atomic E-state index is 12.7. The van der Waals surface area contributed by atoms with Crippen molar-refractivity contribution in [3.05, 3.63) is 48.2 Å². The third-order valence-electron chi connectivity index (χ3n) is 3.68. The van der Waals surface area contributed by atoms with Crippen molar-refractivity contribution in [2.45, 2.75) is 32.6 Å². The van der Waals surface area contributed by atoms with Crippen molar-refractivity contribution in [1.29, 1.82) is 0 Å². The minimum atomic E-state index is -1.01. The van der Waals surface area contributed by atoms with Gasteiger partial charge in [-0.3, -0.25) is 9.69 Å². The third-order valence-corrected chi connectivity index (χ3v) is 3.68. The SMILES string of the molecule is Cc1cccc(N(C(=O)CCCCCNC(=O)O)c2ccc[nH]2)c1. The molecule has 6 heteroatoms. The Hall–Kier alpha value is -2.76. The average molecular weight is 329 g/mol. The second-order valence-corrected chi connectivity index (χ2v) is 5.67. The van der Waals surface area contributed by atoms with Gasteiger partial charge in [0.05, 0.1) is 5.69 Å². The van der Waals surface area contributed by atoms with Gasteiger partial charge >= 0.3 is 6.09 Å². The molecule has 0 aliphatic rings. The molecule has 0 unspecified atom stereocenters. The number of hydrogen-bond acceptors (Lipinski definition) is 2. The van der Waals surface area contributed by atoms with Gasteiger partial charge in [-0.15, -0.1) is 0 Å². The van der Waals surface area contributed by atoms with Crippen molar-refractivity contribution in [2.24, 2.45) is 0 Å². The van der Waals surface area contributed by atoms with Crippen LogP contribution in [0.2, 0.25) is 0 Å². The van der Waals surface area contributed by atoms with Crippen LogP contribution in [-0.4, -0.2) is 28.6 Å². The summed E-state index contributed by atoms with van der Waals surface area (Å²) in [5, 5.41) is 10.8. The number of rotatable bonds is 8. The van der Waals surface area contributed by atoms with Crippen LogP contribution in [0.15, 0.2) is 42.6 Å². The number of aromatic amines is 1. The number of nitrogens with zero attached hydrogens (tertiary/aromatic N) is 1. The summed E-state index contributed by atoms with van der Waals surface area (Å²) < 4.78 is 0. The van der Waals surface area contributed by atoms with Crippen molar-refractivity contribution in [3.63, 3.8) is 0 Å². The van der Waals surface area contributed by atoms with Crippen molar-refractivity contribution in [3.8, 4) is 0 Å². The van der Waals surface area contributed by atoms with E-state index >= 15 is 0 Å². The molecule has 128 valence electrons. The molecule has 0 aliphatic carbocycles. The number of nitrogens with one attached hydrogen (secondary N) is 2. The van der Waals surface area contributed by atoms with Gasteiger partial charge in [-0.1, -0.05) is 18.6 Å². The van der Waals surface area contributed by atoms with E-state index in [1.165, 1.54) is 0 Å². The molecule has 2 aromatic rings. The summed E-state index contributed by atoms with van der Waals surface area (Å²) >= 11 is 0. The average Bonchev–Trinajstić information content (AvgIpc) is 3.05. The quantitative estimate of drug-likeness (QED) is 0.644. The molecule has 6 nitrogen and oxygen atoms in total. The first-order chi connectivity index (χ1) is 11.6.